The molecule has 2 aromatic carbocycles. The number of benzene rings is 2. The van der Waals surface area contributed by atoms with Crippen molar-refractivity contribution in [1.29, 1.82) is 0 Å². The van der Waals surface area contributed by atoms with Crippen molar-refractivity contribution in [1.82, 2.24) is 24.5 Å². The average Bonchev–Trinajstić information content (AvgIpc) is 3.54. The van der Waals surface area contributed by atoms with Crippen LogP contribution in [0.25, 0.3) is 28.1 Å². The van der Waals surface area contributed by atoms with Gasteiger partial charge in [-0.3, -0.25) is 4.90 Å². The number of hydrogen-bond acceptors (Lipinski definition) is 6. The number of alkyl halides is 3. The van der Waals surface area contributed by atoms with E-state index in [1.807, 2.05) is 40.8 Å². The highest BCUT2D eigenvalue weighted by atomic mass is 19.4. The maximum absolute atomic E-state index is 12.8. The zero-order valence-electron chi connectivity index (χ0n) is 18.6. The van der Waals surface area contributed by atoms with Gasteiger partial charge in [0.25, 0.3) is 0 Å². The monoisotopic (exact) mass is 478 g/mol. The molecule has 0 radical (unpaired) electrons. The largest absolute Gasteiger partial charge is 0.461 e. The van der Waals surface area contributed by atoms with Crippen LogP contribution in [0.4, 0.5) is 19.1 Å². The highest BCUT2D eigenvalue weighted by molar-refractivity contribution is 5.93. The Morgan fingerprint density at radius 1 is 0.857 bits per heavy atom. The number of hydrogen-bond donors (Lipinski definition) is 0. The van der Waals surface area contributed by atoms with E-state index in [9.17, 15) is 13.2 Å². The van der Waals surface area contributed by atoms with Gasteiger partial charge in [0.05, 0.1) is 17.3 Å². The summed E-state index contributed by atoms with van der Waals surface area (Å²) in [7, 11) is 0. The van der Waals surface area contributed by atoms with Crippen LogP contribution in [0.5, 0.6) is 0 Å². The van der Waals surface area contributed by atoms with Crippen LogP contribution in [0.3, 0.4) is 0 Å². The Hall–Kier alpha value is -3.92. The maximum atomic E-state index is 12.8. The Bertz CT molecular complexity index is 1470. The molecule has 6 rings (SSSR count). The van der Waals surface area contributed by atoms with E-state index in [2.05, 4.69) is 20.0 Å². The van der Waals surface area contributed by atoms with E-state index < -0.39 is 11.7 Å². The maximum Gasteiger partial charge on any atom is 0.416 e. The van der Waals surface area contributed by atoms with Gasteiger partial charge in [-0.05, 0) is 42.0 Å². The second-order valence-corrected chi connectivity index (χ2v) is 8.55. The molecule has 0 N–H and O–H groups in total. The molecule has 10 heteroatoms. The fraction of sp³-hybridized carbons (Fsp3) is 0.240. The third kappa shape index (κ3) is 3.99. The molecule has 3 aromatic heterocycles. The molecule has 1 saturated heterocycles. The number of furan rings is 1. The van der Waals surface area contributed by atoms with Gasteiger partial charge in [0.1, 0.15) is 0 Å². The van der Waals surface area contributed by atoms with E-state index >= 15 is 0 Å². The molecule has 0 aliphatic carbocycles. The van der Waals surface area contributed by atoms with Crippen molar-refractivity contribution in [3.05, 3.63) is 78.1 Å². The minimum absolute atomic E-state index is 0.588. The number of nitrogens with zero attached hydrogens (tertiary/aromatic N) is 6. The number of para-hydroxylation sites is 1. The molecule has 178 valence electrons. The summed E-state index contributed by atoms with van der Waals surface area (Å²) in [5.74, 6) is 1.94. The number of piperazine rings is 1. The molecule has 5 aromatic rings. The summed E-state index contributed by atoms with van der Waals surface area (Å²) in [5, 5.41) is 9.75. The second kappa shape index (κ2) is 8.38. The smallest absolute Gasteiger partial charge is 0.416 e. The van der Waals surface area contributed by atoms with Crippen LogP contribution in [0.15, 0.2) is 71.3 Å². The molecule has 0 amide bonds. The van der Waals surface area contributed by atoms with Crippen LogP contribution in [-0.4, -0.2) is 50.7 Å². The molecular weight excluding hydrogens is 457 g/mol. The van der Waals surface area contributed by atoms with Crippen molar-refractivity contribution in [2.75, 3.05) is 31.1 Å². The quantitative estimate of drug-likeness (QED) is 0.367. The molecule has 7 nitrogen and oxygen atoms in total. The second-order valence-electron chi connectivity index (χ2n) is 8.55. The lowest BCUT2D eigenvalue weighted by Gasteiger charge is -2.35. The van der Waals surface area contributed by atoms with E-state index in [0.717, 1.165) is 47.6 Å². The molecule has 35 heavy (non-hydrogen) atoms. The van der Waals surface area contributed by atoms with Gasteiger partial charge in [0, 0.05) is 38.1 Å². The zero-order valence-corrected chi connectivity index (χ0v) is 18.6. The lowest BCUT2D eigenvalue weighted by molar-refractivity contribution is -0.137. The van der Waals surface area contributed by atoms with Crippen LogP contribution in [0, 0.1) is 0 Å². The van der Waals surface area contributed by atoms with E-state index in [0.29, 0.717) is 36.9 Å². The summed E-state index contributed by atoms with van der Waals surface area (Å²) in [5.41, 5.74) is 1.78. The van der Waals surface area contributed by atoms with Crippen molar-refractivity contribution in [3.8, 4) is 11.6 Å². The van der Waals surface area contributed by atoms with Gasteiger partial charge in [0.2, 0.25) is 11.8 Å². The SMILES string of the molecule is FC(F)(F)c1ccc(CN2CCN(c3nc4ccccc4c4nnc(-c5ccco5)n34)CC2)cc1. The minimum atomic E-state index is -4.32. The van der Waals surface area contributed by atoms with Gasteiger partial charge >= 0.3 is 6.18 Å². The molecule has 1 aliphatic rings. The minimum Gasteiger partial charge on any atom is -0.461 e. The fourth-order valence-corrected chi connectivity index (χ4v) is 4.51. The van der Waals surface area contributed by atoms with Crippen molar-refractivity contribution < 1.29 is 17.6 Å². The normalized spacial score (nSPS) is 15.3. The van der Waals surface area contributed by atoms with Crippen molar-refractivity contribution >= 4 is 22.5 Å². The first-order chi connectivity index (χ1) is 17.0. The number of aromatic nitrogens is 4. The summed E-state index contributed by atoms with van der Waals surface area (Å²) in [6.45, 7) is 3.50. The summed E-state index contributed by atoms with van der Waals surface area (Å²) in [6, 6.07) is 16.9. The van der Waals surface area contributed by atoms with Crippen LogP contribution in [-0.2, 0) is 12.7 Å². The molecule has 0 saturated carbocycles. The molecule has 0 unspecified atom stereocenters. The predicted octanol–water partition coefficient (Wildman–Crippen LogP) is 4.88. The Kier molecular flexibility index (Phi) is 5.18. The van der Waals surface area contributed by atoms with Crippen LogP contribution in [0.2, 0.25) is 0 Å². The predicted molar refractivity (Wildman–Crippen MR) is 125 cm³/mol. The molecule has 4 heterocycles. The number of anilines is 1. The molecule has 1 fully saturated rings. The van der Waals surface area contributed by atoms with E-state index in [4.69, 9.17) is 9.40 Å². The van der Waals surface area contributed by atoms with Crippen molar-refractivity contribution in [3.63, 3.8) is 0 Å². The Balaban J connectivity index is 1.27. The number of halogens is 3. The van der Waals surface area contributed by atoms with Gasteiger partial charge in [-0.15, -0.1) is 10.2 Å². The van der Waals surface area contributed by atoms with Gasteiger partial charge in [-0.2, -0.15) is 13.2 Å². The first kappa shape index (κ1) is 21.6. The third-order valence-corrected chi connectivity index (χ3v) is 6.31. The highest BCUT2D eigenvalue weighted by Gasteiger charge is 2.30. The molecular formula is C25H21F3N6O. The average molecular weight is 478 g/mol. The van der Waals surface area contributed by atoms with Crippen LogP contribution >= 0.6 is 0 Å². The van der Waals surface area contributed by atoms with Crippen LogP contribution in [0.1, 0.15) is 11.1 Å². The first-order valence-corrected chi connectivity index (χ1v) is 11.3. The zero-order chi connectivity index (χ0) is 24.0. The summed E-state index contributed by atoms with van der Waals surface area (Å²) < 4.78 is 46.1. The lowest BCUT2D eigenvalue weighted by Crippen LogP contribution is -2.46. The fourth-order valence-electron chi connectivity index (χ4n) is 4.51. The number of fused-ring (bicyclic) bond motifs is 3. The summed E-state index contributed by atoms with van der Waals surface area (Å²) in [4.78, 5) is 9.38. The first-order valence-electron chi connectivity index (χ1n) is 11.3. The summed E-state index contributed by atoms with van der Waals surface area (Å²) in [6.07, 6.45) is -2.72. The molecule has 1 aliphatic heterocycles. The summed E-state index contributed by atoms with van der Waals surface area (Å²) >= 11 is 0. The van der Waals surface area contributed by atoms with Gasteiger partial charge in [-0.25, -0.2) is 9.38 Å². The van der Waals surface area contributed by atoms with E-state index in [1.54, 1.807) is 18.4 Å². The Labute approximate surface area is 198 Å². The van der Waals surface area contributed by atoms with Crippen molar-refractivity contribution in [2.45, 2.75) is 12.7 Å². The Morgan fingerprint density at radius 3 is 2.34 bits per heavy atom. The van der Waals surface area contributed by atoms with E-state index in [1.165, 1.54) is 0 Å². The lowest BCUT2D eigenvalue weighted by atomic mass is 10.1. The van der Waals surface area contributed by atoms with Gasteiger partial charge in [0.15, 0.2) is 11.4 Å². The topological polar surface area (TPSA) is 62.7 Å². The van der Waals surface area contributed by atoms with E-state index in [-0.39, 0.29) is 0 Å². The molecule has 0 spiro atoms. The van der Waals surface area contributed by atoms with Gasteiger partial charge in [-0.1, -0.05) is 24.3 Å². The van der Waals surface area contributed by atoms with Gasteiger partial charge < -0.3 is 9.32 Å². The third-order valence-electron chi connectivity index (χ3n) is 6.31. The van der Waals surface area contributed by atoms with Crippen LogP contribution < -0.4 is 4.90 Å². The van der Waals surface area contributed by atoms with Crippen molar-refractivity contribution in [2.24, 2.45) is 0 Å². The Morgan fingerprint density at radius 2 is 1.63 bits per heavy atom. The molecule has 0 bridgehead atoms. The molecule has 0 atom stereocenters. The number of rotatable bonds is 4. The highest BCUT2D eigenvalue weighted by Crippen LogP contribution is 2.30. The standard InChI is InChI=1S/C25H21F3N6O/c26-25(27,28)18-9-7-17(8-10-18)16-32-11-13-33(14-12-32)24-29-20-5-2-1-4-19(20)22-30-31-23(34(22)24)21-6-3-15-35-21/h1-10,15H,11-14,16H2.